The van der Waals surface area contributed by atoms with Crippen LogP contribution in [0.1, 0.15) is 19.8 Å². The first-order valence-electron chi connectivity index (χ1n) is 3.49. The average molecular weight is 181 g/mol. The van der Waals surface area contributed by atoms with Crippen LogP contribution in [0, 0.1) is 0 Å². The average Bonchev–Trinajstić information content (AvgIpc) is 1.82. The summed E-state index contributed by atoms with van der Waals surface area (Å²) < 4.78 is 0. The smallest absolute Gasteiger partial charge is 0.222 e. The van der Waals surface area contributed by atoms with Gasteiger partial charge in [0, 0.05) is 26.6 Å². The standard InChI is InChI=1S/C7H16N2O.ClH/c1-6(8)4-5-7(10)9(2)3;/h6H,4-5,8H2,1-3H3;1H/t6-;/m1./s1. The molecule has 4 heteroatoms. The molecular formula is C7H17ClN2O. The minimum atomic E-state index is 0. The maximum absolute atomic E-state index is 10.9. The summed E-state index contributed by atoms with van der Waals surface area (Å²) in [6, 6.07) is 0.129. The lowest BCUT2D eigenvalue weighted by Crippen LogP contribution is -2.24. The molecule has 2 N–H and O–H groups in total. The quantitative estimate of drug-likeness (QED) is 0.693. The zero-order chi connectivity index (χ0) is 8.15. The highest BCUT2D eigenvalue weighted by Gasteiger charge is 2.04. The molecule has 3 nitrogen and oxygen atoms in total. The van der Waals surface area contributed by atoms with E-state index in [-0.39, 0.29) is 24.4 Å². The molecule has 1 atom stereocenters. The van der Waals surface area contributed by atoms with Crippen LogP contribution in [0.25, 0.3) is 0 Å². The van der Waals surface area contributed by atoms with Crippen molar-refractivity contribution >= 4 is 18.3 Å². The Hall–Kier alpha value is -0.280. The molecule has 0 aromatic carbocycles. The Morgan fingerprint density at radius 2 is 2.00 bits per heavy atom. The predicted octanol–water partition coefficient (Wildman–Crippen LogP) is 0.624. The molecule has 0 aliphatic heterocycles. The van der Waals surface area contributed by atoms with Crippen LogP contribution < -0.4 is 5.73 Å². The van der Waals surface area contributed by atoms with Crippen LogP contribution in [0.3, 0.4) is 0 Å². The first-order valence-corrected chi connectivity index (χ1v) is 3.49. The van der Waals surface area contributed by atoms with Gasteiger partial charge in [-0.25, -0.2) is 0 Å². The van der Waals surface area contributed by atoms with E-state index in [1.54, 1.807) is 19.0 Å². The molecule has 1 amide bonds. The van der Waals surface area contributed by atoms with Crippen LogP contribution in [-0.2, 0) is 4.79 Å². The highest BCUT2D eigenvalue weighted by molar-refractivity contribution is 5.85. The topological polar surface area (TPSA) is 46.3 Å². The number of carbonyl (C=O) groups excluding carboxylic acids is 1. The maximum atomic E-state index is 10.9. The zero-order valence-electron chi connectivity index (χ0n) is 7.33. The predicted molar refractivity (Wildman–Crippen MR) is 48.8 cm³/mol. The highest BCUT2D eigenvalue weighted by Crippen LogP contribution is 1.95. The number of carbonyl (C=O) groups is 1. The lowest BCUT2D eigenvalue weighted by Gasteiger charge is -2.10. The molecule has 0 spiro atoms. The summed E-state index contributed by atoms with van der Waals surface area (Å²) in [7, 11) is 3.51. The van der Waals surface area contributed by atoms with Crippen molar-refractivity contribution in [1.29, 1.82) is 0 Å². The Kier molecular flexibility index (Phi) is 7.79. The van der Waals surface area contributed by atoms with Gasteiger partial charge in [-0.05, 0) is 13.3 Å². The van der Waals surface area contributed by atoms with Crippen LogP contribution in [0.5, 0.6) is 0 Å². The summed E-state index contributed by atoms with van der Waals surface area (Å²) in [5.41, 5.74) is 5.47. The molecule has 0 aliphatic carbocycles. The minimum Gasteiger partial charge on any atom is -0.349 e. The second kappa shape index (κ2) is 6.43. The molecule has 0 saturated heterocycles. The van der Waals surface area contributed by atoms with Gasteiger partial charge in [0.1, 0.15) is 0 Å². The zero-order valence-corrected chi connectivity index (χ0v) is 8.15. The van der Waals surface area contributed by atoms with Gasteiger partial charge in [0.15, 0.2) is 0 Å². The molecule has 0 heterocycles. The Morgan fingerprint density at radius 3 is 2.27 bits per heavy atom. The summed E-state index contributed by atoms with van der Waals surface area (Å²) in [5, 5.41) is 0. The number of hydrogen-bond donors (Lipinski definition) is 1. The molecule has 0 fully saturated rings. The van der Waals surface area contributed by atoms with E-state index < -0.39 is 0 Å². The highest BCUT2D eigenvalue weighted by atomic mass is 35.5. The van der Waals surface area contributed by atoms with Crippen molar-refractivity contribution in [3.63, 3.8) is 0 Å². The first kappa shape index (κ1) is 13.3. The fourth-order valence-electron chi connectivity index (χ4n) is 0.575. The monoisotopic (exact) mass is 180 g/mol. The van der Waals surface area contributed by atoms with Gasteiger partial charge in [0.05, 0.1) is 0 Å². The number of nitrogens with two attached hydrogens (primary N) is 1. The molecule has 11 heavy (non-hydrogen) atoms. The van der Waals surface area contributed by atoms with E-state index in [0.717, 1.165) is 6.42 Å². The van der Waals surface area contributed by atoms with Gasteiger partial charge in [-0.2, -0.15) is 0 Å². The summed E-state index contributed by atoms with van der Waals surface area (Å²) in [6.45, 7) is 1.91. The normalized spacial score (nSPS) is 11.6. The summed E-state index contributed by atoms with van der Waals surface area (Å²) in [4.78, 5) is 12.5. The molecule has 0 rings (SSSR count). The van der Waals surface area contributed by atoms with Gasteiger partial charge in [0.25, 0.3) is 0 Å². The number of hydrogen-bond acceptors (Lipinski definition) is 2. The lowest BCUT2D eigenvalue weighted by molar-refractivity contribution is -0.128. The molecular weight excluding hydrogens is 164 g/mol. The second-order valence-corrected chi connectivity index (χ2v) is 2.80. The molecule has 0 saturated carbocycles. The van der Waals surface area contributed by atoms with Crippen LogP contribution >= 0.6 is 12.4 Å². The number of amides is 1. The Labute approximate surface area is 74.3 Å². The Bertz CT molecular complexity index is 115. The first-order chi connectivity index (χ1) is 4.54. The number of rotatable bonds is 3. The third kappa shape index (κ3) is 7.62. The summed E-state index contributed by atoms with van der Waals surface area (Å²) in [6.07, 6.45) is 1.34. The molecule has 68 valence electrons. The minimum absolute atomic E-state index is 0. The van der Waals surface area contributed by atoms with Gasteiger partial charge in [-0.1, -0.05) is 0 Å². The van der Waals surface area contributed by atoms with E-state index >= 15 is 0 Å². The van der Waals surface area contributed by atoms with Gasteiger partial charge in [-0.15, -0.1) is 12.4 Å². The van der Waals surface area contributed by atoms with Gasteiger partial charge >= 0.3 is 0 Å². The lowest BCUT2D eigenvalue weighted by atomic mass is 10.2. The van der Waals surface area contributed by atoms with E-state index in [0.29, 0.717) is 6.42 Å². The SMILES string of the molecule is C[C@@H](N)CCC(=O)N(C)C.Cl. The van der Waals surface area contributed by atoms with Crippen LogP contribution in [0.15, 0.2) is 0 Å². The van der Waals surface area contributed by atoms with Crippen molar-refractivity contribution < 1.29 is 4.79 Å². The Morgan fingerprint density at radius 1 is 1.55 bits per heavy atom. The van der Waals surface area contributed by atoms with Crippen molar-refractivity contribution in [2.24, 2.45) is 5.73 Å². The number of nitrogens with zero attached hydrogens (tertiary/aromatic N) is 1. The van der Waals surface area contributed by atoms with Gasteiger partial charge < -0.3 is 10.6 Å². The molecule has 0 aliphatic rings. The van der Waals surface area contributed by atoms with E-state index in [1.165, 1.54) is 0 Å². The third-order valence-electron chi connectivity index (χ3n) is 1.31. The van der Waals surface area contributed by atoms with E-state index in [4.69, 9.17) is 5.73 Å². The van der Waals surface area contributed by atoms with Crippen LogP contribution in [0.2, 0.25) is 0 Å². The molecule has 0 aromatic rings. The molecule has 0 aromatic heterocycles. The molecule has 0 unspecified atom stereocenters. The van der Waals surface area contributed by atoms with E-state index in [2.05, 4.69) is 0 Å². The van der Waals surface area contributed by atoms with Crippen LogP contribution in [0.4, 0.5) is 0 Å². The van der Waals surface area contributed by atoms with E-state index in [9.17, 15) is 4.79 Å². The van der Waals surface area contributed by atoms with Gasteiger partial charge in [0.2, 0.25) is 5.91 Å². The molecule has 0 bridgehead atoms. The molecule has 0 radical (unpaired) electrons. The van der Waals surface area contributed by atoms with Crippen LogP contribution in [-0.4, -0.2) is 30.9 Å². The second-order valence-electron chi connectivity index (χ2n) is 2.80. The fraction of sp³-hybridized carbons (Fsp3) is 0.857. The fourth-order valence-corrected chi connectivity index (χ4v) is 0.575. The van der Waals surface area contributed by atoms with Crippen molar-refractivity contribution in [1.82, 2.24) is 4.90 Å². The summed E-state index contributed by atoms with van der Waals surface area (Å²) in [5.74, 6) is 0.150. The van der Waals surface area contributed by atoms with Gasteiger partial charge in [-0.3, -0.25) is 4.79 Å². The Balaban J connectivity index is 0. The van der Waals surface area contributed by atoms with Crippen molar-refractivity contribution in [3.8, 4) is 0 Å². The number of halogens is 1. The summed E-state index contributed by atoms with van der Waals surface area (Å²) >= 11 is 0. The van der Waals surface area contributed by atoms with E-state index in [1.807, 2.05) is 6.92 Å². The maximum Gasteiger partial charge on any atom is 0.222 e. The van der Waals surface area contributed by atoms with Crippen molar-refractivity contribution in [2.75, 3.05) is 14.1 Å². The third-order valence-corrected chi connectivity index (χ3v) is 1.31. The van der Waals surface area contributed by atoms with Crippen molar-refractivity contribution in [2.45, 2.75) is 25.8 Å². The largest absolute Gasteiger partial charge is 0.349 e. The van der Waals surface area contributed by atoms with Crippen molar-refractivity contribution in [3.05, 3.63) is 0 Å².